The lowest BCUT2D eigenvalue weighted by Gasteiger charge is -2.23. The van der Waals surface area contributed by atoms with Gasteiger partial charge in [0.05, 0.1) is 5.02 Å². The van der Waals surface area contributed by atoms with Crippen LogP contribution in [0.3, 0.4) is 0 Å². The van der Waals surface area contributed by atoms with Crippen molar-refractivity contribution in [3.63, 3.8) is 0 Å². The number of rotatable bonds is 5. The fraction of sp³-hybridized carbons (Fsp3) is 0.538. The lowest BCUT2D eigenvalue weighted by molar-refractivity contribution is 0.381. The van der Waals surface area contributed by atoms with Gasteiger partial charge in [-0.3, -0.25) is 0 Å². The molecule has 0 radical (unpaired) electrons. The largest absolute Gasteiger partial charge is 0.398 e. The van der Waals surface area contributed by atoms with Crippen molar-refractivity contribution >= 4 is 27.3 Å². The molecule has 19 heavy (non-hydrogen) atoms. The van der Waals surface area contributed by atoms with Crippen LogP contribution in [0, 0.1) is 12.8 Å². The molecule has 0 saturated heterocycles. The standard InChI is InChI=1S/C13H21ClN2O2S/c1-5-16(8-9(2)3)19(17,18)13-7-12(15)10(4)6-11(13)14/h6-7,9H,5,8,15H2,1-4H3. The quantitative estimate of drug-likeness (QED) is 0.851. The average molecular weight is 305 g/mol. The Labute approximate surface area is 120 Å². The Morgan fingerprint density at radius 2 is 1.95 bits per heavy atom. The number of nitrogens with two attached hydrogens (primary N) is 1. The summed E-state index contributed by atoms with van der Waals surface area (Å²) in [5.74, 6) is 0.247. The fourth-order valence-corrected chi connectivity index (χ4v) is 4.01. The van der Waals surface area contributed by atoms with Crippen molar-refractivity contribution in [1.82, 2.24) is 4.31 Å². The smallest absolute Gasteiger partial charge is 0.244 e. The molecule has 4 nitrogen and oxygen atoms in total. The van der Waals surface area contributed by atoms with E-state index in [0.717, 1.165) is 5.56 Å². The normalized spacial score (nSPS) is 12.4. The molecule has 0 aliphatic carbocycles. The molecule has 108 valence electrons. The molecule has 0 aliphatic heterocycles. The third-order valence-corrected chi connectivity index (χ3v) is 5.27. The first kappa shape index (κ1) is 16.3. The predicted molar refractivity (Wildman–Crippen MR) is 79.9 cm³/mol. The van der Waals surface area contributed by atoms with Crippen LogP contribution in [0.2, 0.25) is 5.02 Å². The van der Waals surface area contributed by atoms with E-state index in [4.69, 9.17) is 17.3 Å². The summed E-state index contributed by atoms with van der Waals surface area (Å²) >= 11 is 6.06. The number of sulfonamides is 1. The second kappa shape index (κ2) is 6.11. The van der Waals surface area contributed by atoms with Gasteiger partial charge < -0.3 is 5.73 Å². The van der Waals surface area contributed by atoms with E-state index < -0.39 is 10.0 Å². The van der Waals surface area contributed by atoms with Gasteiger partial charge in [-0.15, -0.1) is 0 Å². The van der Waals surface area contributed by atoms with Gasteiger partial charge in [0.15, 0.2) is 0 Å². The molecule has 0 aliphatic rings. The third-order valence-electron chi connectivity index (χ3n) is 2.86. The molecule has 6 heteroatoms. The molecule has 0 unspecified atom stereocenters. The second-order valence-corrected chi connectivity index (χ2v) is 7.30. The van der Waals surface area contributed by atoms with Gasteiger partial charge in [0.25, 0.3) is 0 Å². The zero-order chi connectivity index (χ0) is 14.8. The van der Waals surface area contributed by atoms with E-state index in [1.54, 1.807) is 13.0 Å². The SMILES string of the molecule is CCN(CC(C)C)S(=O)(=O)c1cc(N)c(C)cc1Cl. The van der Waals surface area contributed by atoms with E-state index in [9.17, 15) is 8.42 Å². The van der Waals surface area contributed by atoms with E-state index in [-0.39, 0.29) is 15.8 Å². The van der Waals surface area contributed by atoms with Gasteiger partial charge in [0, 0.05) is 18.8 Å². The van der Waals surface area contributed by atoms with Gasteiger partial charge in [0.1, 0.15) is 4.90 Å². The number of halogens is 1. The molecule has 0 amide bonds. The van der Waals surface area contributed by atoms with Gasteiger partial charge >= 0.3 is 0 Å². The topological polar surface area (TPSA) is 63.4 Å². The number of nitrogens with zero attached hydrogens (tertiary/aromatic N) is 1. The molecule has 0 bridgehead atoms. The number of hydrogen-bond donors (Lipinski definition) is 1. The summed E-state index contributed by atoms with van der Waals surface area (Å²) < 4.78 is 26.6. The van der Waals surface area contributed by atoms with Crippen molar-refractivity contribution in [3.05, 3.63) is 22.7 Å². The van der Waals surface area contributed by atoms with Crippen molar-refractivity contribution in [2.24, 2.45) is 5.92 Å². The highest BCUT2D eigenvalue weighted by atomic mass is 35.5. The Morgan fingerprint density at radius 3 is 2.42 bits per heavy atom. The van der Waals surface area contributed by atoms with Crippen LogP contribution in [-0.2, 0) is 10.0 Å². The van der Waals surface area contributed by atoms with Gasteiger partial charge in [-0.1, -0.05) is 32.4 Å². The maximum absolute atomic E-state index is 12.6. The molecule has 2 N–H and O–H groups in total. The molecule has 1 aromatic carbocycles. The van der Waals surface area contributed by atoms with Crippen molar-refractivity contribution in [2.45, 2.75) is 32.6 Å². The Kier molecular flexibility index (Phi) is 5.24. The van der Waals surface area contributed by atoms with Crippen LogP contribution >= 0.6 is 11.6 Å². The lowest BCUT2D eigenvalue weighted by Crippen LogP contribution is -2.34. The molecule has 1 rings (SSSR count). The Morgan fingerprint density at radius 1 is 1.37 bits per heavy atom. The van der Waals surface area contributed by atoms with Gasteiger partial charge in [-0.05, 0) is 30.5 Å². The average Bonchev–Trinajstić information content (AvgIpc) is 2.30. The number of benzene rings is 1. The molecular formula is C13H21ClN2O2S. The molecule has 0 aromatic heterocycles. The number of hydrogen-bond acceptors (Lipinski definition) is 3. The van der Waals surface area contributed by atoms with E-state index in [2.05, 4.69) is 0 Å². The molecule has 0 saturated carbocycles. The lowest BCUT2D eigenvalue weighted by atomic mass is 10.2. The van der Waals surface area contributed by atoms with Gasteiger partial charge in [-0.2, -0.15) is 4.31 Å². The Hall–Kier alpha value is -0.780. The highest BCUT2D eigenvalue weighted by Gasteiger charge is 2.26. The molecule has 0 atom stereocenters. The maximum atomic E-state index is 12.6. The first-order chi connectivity index (χ1) is 8.70. The van der Waals surface area contributed by atoms with Crippen LogP contribution in [0.15, 0.2) is 17.0 Å². The zero-order valence-corrected chi connectivity index (χ0v) is 13.3. The highest BCUT2D eigenvalue weighted by Crippen LogP contribution is 2.29. The number of aryl methyl sites for hydroxylation is 1. The summed E-state index contributed by atoms with van der Waals surface area (Å²) in [4.78, 5) is 0.0831. The van der Waals surface area contributed by atoms with Crippen molar-refractivity contribution < 1.29 is 8.42 Å². The molecule has 0 fully saturated rings. The maximum Gasteiger partial charge on any atom is 0.244 e. The highest BCUT2D eigenvalue weighted by molar-refractivity contribution is 7.89. The van der Waals surface area contributed by atoms with Crippen molar-refractivity contribution in [2.75, 3.05) is 18.8 Å². The number of anilines is 1. The van der Waals surface area contributed by atoms with E-state index in [0.29, 0.717) is 18.8 Å². The van der Waals surface area contributed by atoms with Crippen LogP contribution < -0.4 is 5.73 Å². The second-order valence-electron chi connectivity index (χ2n) is 4.99. The van der Waals surface area contributed by atoms with Crippen LogP contribution in [0.4, 0.5) is 5.69 Å². The molecule has 0 heterocycles. The minimum atomic E-state index is -3.59. The van der Waals surface area contributed by atoms with Crippen LogP contribution in [0.1, 0.15) is 26.3 Å². The Balaban J connectivity index is 3.30. The summed E-state index contributed by atoms with van der Waals surface area (Å²) in [7, 11) is -3.59. The minimum absolute atomic E-state index is 0.0831. The summed E-state index contributed by atoms with van der Waals surface area (Å²) in [5.41, 5.74) is 7.00. The Bertz CT molecular complexity index is 556. The van der Waals surface area contributed by atoms with Crippen molar-refractivity contribution in [1.29, 1.82) is 0 Å². The predicted octanol–water partition coefficient (Wildman–Crippen LogP) is 2.90. The summed E-state index contributed by atoms with van der Waals surface area (Å²) in [6, 6.07) is 3.03. The molecular weight excluding hydrogens is 284 g/mol. The van der Waals surface area contributed by atoms with Gasteiger partial charge in [0.2, 0.25) is 10.0 Å². The fourth-order valence-electron chi connectivity index (χ4n) is 1.81. The molecule has 0 spiro atoms. The zero-order valence-electron chi connectivity index (χ0n) is 11.8. The first-order valence-corrected chi connectivity index (χ1v) is 8.07. The minimum Gasteiger partial charge on any atom is -0.398 e. The van der Waals surface area contributed by atoms with Crippen LogP contribution in [-0.4, -0.2) is 25.8 Å². The van der Waals surface area contributed by atoms with Crippen LogP contribution in [0.25, 0.3) is 0 Å². The van der Waals surface area contributed by atoms with Crippen LogP contribution in [0.5, 0.6) is 0 Å². The summed E-state index contributed by atoms with van der Waals surface area (Å²) in [6.07, 6.45) is 0. The summed E-state index contributed by atoms with van der Waals surface area (Å²) in [5, 5.41) is 0.217. The van der Waals surface area contributed by atoms with E-state index in [1.807, 2.05) is 20.8 Å². The van der Waals surface area contributed by atoms with E-state index in [1.165, 1.54) is 10.4 Å². The monoisotopic (exact) mass is 304 g/mol. The van der Waals surface area contributed by atoms with E-state index >= 15 is 0 Å². The third kappa shape index (κ3) is 3.61. The summed E-state index contributed by atoms with van der Waals surface area (Å²) in [6.45, 7) is 8.43. The van der Waals surface area contributed by atoms with Gasteiger partial charge in [-0.25, -0.2) is 8.42 Å². The first-order valence-electron chi connectivity index (χ1n) is 6.25. The number of nitrogen functional groups attached to an aromatic ring is 1. The van der Waals surface area contributed by atoms with Crippen molar-refractivity contribution in [3.8, 4) is 0 Å². The molecule has 1 aromatic rings.